The summed E-state index contributed by atoms with van der Waals surface area (Å²) in [5.41, 5.74) is 12.0. The molecule has 0 radical (unpaired) electrons. The van der Waals surface area contributed by atoms with E-state index in [1.54, 1.807) is 0 Å². The van der Waals surface area contributed by atoms with Crippen LogP contribution >= 0.6 is 0 Å². The first kappa shape index (κ1) is 21.3. The summed E-state index contributed by atoms with van der Waals surface area (Å²) in [5.74, 6) is -2.34. The molecule has 2 aromatic carbocycles. The number of carbonyl (C=O) groups is 2. The van der Waals surface area contributed by atoms with Crippen molar-refractivity contribution in [1.29, 1.82) is 0 Å². The summed E-state index contributed by atoms with van der Waals surface area (Å²) in [5, 5.41) is 17.6. The zero-order valence-electron chi connectivity index (χ0n) is 14.6. The minimum absolute atomic E-state index is 0.520. The lowest BCUT2D eigenvalue weighted by Crippen LogP contribution is -2.29. The van der Waals surface area contributed by atoms with Gasteiger partial charge in [-0.05, 0) is 30.5 Å². The topological polar surface area (TPSA) is 127 Å². The van der Waals surface area contributed by atoms with Gasteiger partial charge in [-0.3, -0.25) is 9.59 Å². The standard InChI is InChI=1S/C14H12O2.C6H14N2O2/c15-14(16)13(11-7-3-1-4-8-11)12-9-5-2-6-10-12;7-4-2-1-3-5(8)6(9)10/h1-10,13H,(H,15,16);5H,1-4,7-8H2,(H,9,10). The second kappa shape index (κ2) is 11.8. The van der Waals surface area contributed by atoms with Gasteiger partial charge in [-0.1, -0.05) is 67.1 Å². The number of benzene rings is 2. The van der Waals surface area contributed by atoms with E-state index in [-0.39, 0.29) is 0 Å². The van der Waals surface area contributed by atoms with E-state index >= 15 is 0 Å². The van der Waals surface area contributed by atoms with E-state index in [4.69, 9.17) is 16.6 Å². The number of hydrogen-bond donors (Lipinski definition) is 4. The van der Waals surface area contributed by atoms with Gasteiger partial charge in [0.15, 0.2) is 0 Å². The molecule has 0 aliphatic heterocycles. The van der Waals surface area contributed by atoms with Crippen molar-refractivity contribution < 1.29 is 19.8 Å². The molecule has 0 aliphatic rings. The van der Waals surface area contributed by atoms with Gasteiger partial charge in [0.1, 0.15) is 12.0 Å². The van der Waals surface area contributed by atoms with Gasteiger partial charge in [-0.15, -0.1) is 0 Å². The van der Waals surface area contributed by atoms with Crippen LogP contribution < -0.4 is 11.5 Å². The van der Waals surface area contributed by atoms with Crippen LogP contribution in [0.15, 0.2) is 60.7 Å². The summed E-state index contributed by atoms with van der Waals surface area (Å²) < 4.78 is 0. The summed E-state index contributed by atoms with van der Waals surface area (Å²) in [6, 6.07) is 17.8. The molecular formula is C20H26N2O4. The van der Waals surface area contributed by atoms with Gasteiger partial charge >= 0.3 is 11.9 Å². The fraction of sp³-hybridized carbons (Fsp3) is 0.300. The Labute approximate surface area is 153 Å². The van der Waals surface area contributed by atoms with Crippen molar-refractivity contribution in [2.75, 3.05) is 6.54 Å². The van der Waals surface area contributed by atoms with Crippen molar-refractivity contribution in [2.24, 2.45) is 11.5 Å². The highest BCUT2D eigenvalue weighted by Gasteiger charge is 2.21. The lowest BCUT2D eigenvalue weighted by atomic mass is 9.92. The van der Waals surface area contributed by atoms with E-state index in [1.807, 2.05) is 60.7 Å². The average Bonchev–Trinajstić information content (AvgIpc) is 2.64. The summed E-state index contributed by atoms with van der Waals surface area (Å²) in [4.78, 5) is 21.4. The summed E-state index contributed by atoms with van der Waals surface area (Å²) in [6.07, 6.45) is 2.16. The van der Waals surface area contributed by atoms with E-state index in [0.29, 0.717) is 13.0 Å². The van der Waals surface area contributed by atoms with Crippen LogP contribution in [0.2, 0.25) is 0 Å². The quantitative estimate of drug-likeness (QED) is 0.537. The normalized spacial score (nSPS) is 11.3. The molecule has 6 nitrogen and oxygen atoms in total. The Morgan fingerprint density at radius 2 is 1.27 bits per heavy atom. The van der Waals surface area contributed by atoms with Crippen molar-refractivity contribution in [3.63, 3.8) is 0 Å². The van der Waals surface area contributed by atoms with E-state index in [1.165, 1.54) is 0 Å². The number of unbranched alkanes of at least 4 members (excludes halogenated alkanes) is 1. The van der Waals surface area contributed by atoms with E-state index < -0.39 is 23.9 Å². The van der Waals surface area contributed by atoms with Gasteiger partial charge in [0.2, 0.25) is 0 Å². The molecule has 0 bridgehead atoms. The molecule has 1 unspecified atom stereocenters. The molecule has 2 aromatic rings. The van der Waals surface area contributed by atoms with Gasteiger partial charge in [-0.25, -0.2) is 0 Å². The van der Waals surface area contributed by atoms with Crippen LogP contribution in [0.3, 0.4) is 0 Å². The smallest absolute Gasteiger partial charge is 0.320 e. The first-order chi connectivity index (χ1) is 12.5. The van der Waals surface area contributed by atoms with Gasteiger partial charge in [0, 0.05) is 0 Å². The largest absolute Gasteiger partial charge is 0.481 e. The van der Waals surface area contributed by atoms with Gasteiger partial charge in [-0.2, -0.15) is 0 Å². The van der Waals surface area contributed by atoms with Crippen LogP contribution in [-0.4, -0.2) is 34.7 Å². The van der Waals surface area contributed by atoms with Crippen LogP contribution in [0.4, 0.5) is 0 Å². The number of aliphatic carboxylic acids is 2. The average molecular weight is 358 g/mol. The molecule has 26 heavy (non-hydrogen) atoms. The highest BCUT2D eigenvalue weighted by molar-refractivity contribution is 5.80. The Morgan fingerprint density at radius 1 is 0.808 bits per heavy atom. The summed E-state index contributed by atoms with van der Waals surface area (Å²) in [7, 11) is 0. The van der Waals surface area contributed by atoms with Crippen molar-refractivity contribution in [3.8, 4) is 0 Å². The molecule has 6 heteroatoms. The second-order valence-corrected chi connectivity index (χ2v) is 5.82. The van der Waals surface area contributed by atoms with Gasteiger partial charge in [0.25, 0.3) is 0 Å². The van der Waals surface area contributed by atoms with E-state index in [9.17, 15) is 14.7 Å². The molecule has 6 N–H and O–H groups in total. The van der Waals surface area contributed by atoms with Crippen molar-refractivity contribution >= 4 is 11.9 Å². The van der Waals surface area contributed by atoms with E-state index in [0.717, 1.165) is 24.0 Å². The second-order valence-electron chi connectivity index (χ2n) is 5.82. The monoisotopic (exact) mass is 358 g/mol. The maximum atomic E-state index is 11.3. The van der Waals surface area contributed by atoms with E-state index in [2.05, 4.69) is 0 Å². The third kappa shape index (κ3) is 7.46. The van der Waals surface area contributed by atoms with Crippen molar-refractivity contribution in [1.82, 2.24) is 0 Å². The zero-order chi connectivity index (χ0) is 19.4. The van der Waals surface area contributed by atoms with Crippen LogP contribution in [0.1, 0.15) is 36.3 Å². The summed E-state index contributed by atoms with van der Waals surface area (Å²) >= 11 is 0. The molecule has 0 fully saturated rings. The van der Waals surface area contributed by atoms with Crippen LogP contribution in [0.5, 0.6) is 0 Å². The molecule has 0 aromatic heterocycles. The Kier molecular flexibility index (Phi) is 9.67. The fourth-order valence-corrected chi connectivity index (χ4v) is 2.40. The van der Waals surface area contributed by atoms with Crippen molar-refractivity contribution in [3.05, 3.63) is 71.8 Å². The molecule has 2 rings (SSSR count). The maximum Gasteiger partial charge on any atom is 0.320 e. The number of carboxylic acids is 2. The Balaban J connectivity index is 0.000000294. The van der Waals surface area contributed by atoms with Crippen LogP contribution in [-0.2, 0) is 9.59 Å². The van der Waals surface area contributed by atoms with Crippen LogP contribution in [0, 0.1) is 0 Å². The molecule has 0 saturated heterocycles. The van der Waals surface area contributed by atoms with Crippen LogP contribution in [0.25, 0.3) is 0 Å². The lowest BCUT2D eigenvalue weighted by Gasteiger charge is -2.12. The molecule has 140 valence electrons. The molecule has 0 saturated carbocycles. The van der Waals surface area contributed by atoms with Gasteiger partial charge < -0.3 is 21.7 Å². The predicted octanol–water partition coefficient (Wildman–Crippen LogP) is 2.43. The lowest BCUT2D eigenvalue weighted by molar-refractivity contribution is -0.139. The molecule has 1 atom stereocenters. The molecule has 0 aliphatic carbocycles. The highest BCUT2D eigenvalue weighted by Crippen LogP contribution is 2.24. The zero-order valence-corrected chi connectivity index (χ0v) is 14.6. The third-order valence-corrected chi connectivity index (χ3v) is 3.80. The molecule has 0 amide bonds. The fourth-order valence-electron chi connectivity index (χ4n) is 2.40. The Morgan fingerprint density at radius 3 is 1.62 bits per heavy atom. The third-order valence-electron chi connectivity index (χ3n) is 3.80. The Hall–Kier alpha value is -2.70. The molecule has 0 spiro atoms. The molecular weight excluding hydrogens is 332 g/mol. The summed E-state index contributed by atoms with van der Waals surface area (Å²) in [6.45, 7) is 0.604. The highest BCUT2D eigenvalue weighted by atomic mass is 16.4. The van der Waals surface area contributed by atoms with Gasteiger partial charge in [0.05, 0.1) is 0 Å². The minimum Gasteiger partial charge on any atom is -0.481 e. The SMILES string of the molecule is NCCCCC(N)C(=O)O.O=C(O)C(c1ccccc1)c1ccccc1. The number of nitrogens with two attached hydrogens (primary N) is 2. The predicted molar refractivity (Wildman–Crippen MR) is 101 cm³/mol. The number of carboxylic acid groups (broad SMARTS) is 2. The minimum atomic E-state index is -0.933. The first-order valence-electron chi connectivity index (χ1n) is 8.48. The molecule has 0 heterocycles. The number of rotatable bonds is 8. The first-order valence-corrected chi connectivity index (χ1v) is 8.48. The van der Waals surface area contributed by atoms with Crippen molar-refractivity contribution in [2.45, 2.75) is 31.2 Å². The Bertz CT molecular complexity index is 623. The maximum absolute atomic E-state index is 11.3. The number of hydrogen-bond acceptors (Lipinski definition) is 4.